The van der Waals surface area contributed by atoms with E-state index >= 15 is 0 Å². The molecule has 84 valence electrons. The Morgan fingerprint density at radius 3 is 3.19 bits per heavy atom. The van der Waals surface area contributed by atoms with Gasteiger partial charge in [0.2, 0.25) is 0 Å². The molecule has 0 spiro atoms. The summed E-state index contributed by atoms with van der Waals surface area (Å²) in [4.78, 5) is 20.6. The van der Waals surface area contributed by atoms with E-state index in [1.54, 1.807) is 12.3 Å². The highest BCUT2D eigenvalue weighted by atomic mass is 16.6. The van der Waals surface area contributed by atoms with Crippen LogP contribution in [-0.4, -0.2) is 29.8 Å². The van der Waals surface area contributed by atoms with E-state index in [0.717, 1.165) is 17.7 Å². The number of amides is 1. The van der Waals surface area contributed by atoms with Gasteiger partial charge in [-0.1, -0.05) is 11.2 Å². The Bertz CT molecular complexity index is 429. The SMILES string of the molecule is Cc1cccnc1C(=O)NCC1=NOCC1. The number of hydrogen-bond acceptors (Lipinski definition) is 4. The van der Waals surface area contributed by atoms with E-state index in [2.05, 4.69) is 15.5 Å². The van der Waals surface area contributed by atoms with Crippen molar-refractivity contribution in [1.29, 1.82) is 0 Å². The molecule has 1 aromatic rings. The Hall–Kier alpha value is -1.91. The molecule has 0 aliphatic carbocycles. The van der Waals surface area contributed by atoms with Gasteiger partial charge >= 0.3 is 0 Å². The fourth-order valence-electron chi connectivity index (χ4n) is 1.46. The van der Waals surface area contributed by atoms with Crippen LogP contribution in [0.25, 0.3) is 0 Å². The number of rotatable bonds is 3. The van der Waals surface area contributed by atoms with E-state index in [-0.39, 0.29) is 5.91 Å². The maximum absolute atomic E-state index is 11.8. The first-order valence-electron chi connectivity index (χ1n) is 5.15. The highest BCUT2D eigenvalue weighted by Crippen LogP contribution is 2.03. The van der Waals surface area contributed by atoms with Crippen LogP contribution in [0.4, 0.5) is 0 Å². The maximum Gasteiger partial charge on any atom is 0.270 e. The van der Waals surface area contributed by atoms with Crippen molar-refractivity contribution in [3.63, 3.8) is 0 Å². The standard InChI is InChI=1S/C11H13N3O2/c1-8-3-2-5-12-10(8)11(15)13-7-9-4-6-16-14-9/h2-3,5H,4,6-7H2,1H3,(H,13,15). The van der Waals surface area contributed by atoms with Gasteiger partial charge in [0.25, 0.3) is 5.91 Å². The van der Waals surface area contributed by atoms with Crippen LogP contribution in [0.5, 0.6) is 0 Å². The number of oxime groups is 1. The Morgan fingerprint density at radius 2 is 2.50 bits per heavy atom. The summed E-state index contributed by atoms with van der Waals surface area (Å²) in [5.74, 6) is -0.173. The van der Waals surface area contributed by atoms with Gasteiger partial charge in [0.1, 0.15) is 12.3 Å². The van der Waals surface area contributed by atoms with E-state index in [9.17, 15) is 4.79 Å². The van der Waals surface area contributed by atoms with Gasteiger partial charge in [0, 0.05) is 12.6 Å². The van der Waals surface area contributed by atoms with E-state index < -0.39 is 0 Å². The van der Waals surface area contributed by atoms with Crippen molar-refractivity contribution in [2.24, 2.45) is 5.16 Å². The fourth-order valence-corrected chi connectivity index (χ4v) is 1.46. The summed E-state index contributed by atoms with van der Waals surface area (Å²) in [5.41, 5.74) is 2.19. The maximum atomic E-state index is 11.8. The molecule has 1 aromatic heterocycles. The third-order valence-corrected chi connectivity index (χ3v) is 2.35. The molecular weight excluding hydrogens is 206 g/mol. The van der Waals surface area contributed by atoms with Gasteiger partial charge in [0.05, 0.1) is 12.3 Å². The van der Waals surface area contributed by atoms with E-state index in [1.807, 2.05) is 13.0 Å². The minimum Gasteiger partial charge on any atom is -0.395 e. The highest BCUT2D eigenvalue weighted by Gasteiger charge is 2.12. The number of nitrogens with one attached hydrogen (secondary N) is 1. The Balaban J connectivity index is 1.95. The summed E-state index contributed by atoms with van der Waals surface area (Å²) in [6.45, 7) is 2.89. The summed E-state index contributed by atoms with van der Waals surface area (Å²) < 4.78 is 0. The predicted octanol–water partition coefficient (Wildman–Crippen LogP) is 0.896. The zero-order chi connectivity index (χ0) is 11.4. The molecule has 0 radical (unpaired) electrons. The number of nitrogens with zero attached hydrogens (tertiary/aromatic N) is 2. The van der Waals surface area contributed by atoms with Crippen molar-refractivity contribution in [2.45, 2.75) is 13.3 Å². The molecule has 0 saturated carbocycles. The van der Waals surface area contributed by atoms with Crippen LogP contribution >= 0.6 is 0 Å². The molecule has 0 saturated heterocycles. The van der Waals surface area contributed by atoms with Crippen LogP contribution in [0.2, 0.25) is 0 Å². The largest absolute Gasteiger partial charge is 0.395 e. The van der Waals surface area contributed by atoms with Crippen LogP contribution in [0.1, 0.15) is 22.5 Å². The number of aromatic nitrogens is 1. The highest BCUT2D eigenvalue weighted by molar-refractivity contribution is 5.97. The summed E-state index contributed by atoms with van der Waals surface area (Å²) in [6.07, 6.45) is 2.39. The van der Waals surface area contributed by atoms with E-state index in [0.29, 0.717) is 18.8 Å². The van der Waals surface area contributed by atoms with Crippen molar-refractivity contribution in [2.75, 3.05) is 13.2 Å². The normalized spacial score (nSPS) is 14.2. The van der Waals surface area contributed by atoms with Gasteiger partial charge in [-0.3, -0.25) is 9.78 Å². The number of carbonyl (C=O) groups is 1. The van der Waals surface area contributed by atoms with E-state index in [1.165, 1.54) is 0 Å². The number of hydrogen-bond donors (Lipinski definition) is 1. The van der Waals surface area contributed by atoms with Gasteiger partial charge in [-0.25, -0.2) is 0 Å². The molecule has 5 heteroatoms. The minimum absolute atomic E-state index is 0.173. The molecule has 1 N–H and O–H groups in total. The smallest absolute Gasteiger partial charge is 0.270 e. The molecular formula is C11H13N3O2. The summed E-state index contributed by atoms with van der Waals surface area (Å²) in [5, 5.41) is 6.57. The lowest BCUT2D eigenvalue weighted by Crippen LogP contribution is -2.30. The monoisotopic (exact) mass is 219 g/mol. The van der Waals surface area contributed by atoms with Gasteiger partial charge in [0.15, 0.2) is 0 Å². The lowest BCUT2D eigenvalue weighted by atomic mass is 10.2. The molecule has 5 nitrogen and oxygen atoms in total. The lowest BCUT2D eigenvalue weighted by Gasteiger charge is -2.05. The molecule has 1 amide bonds. The molecule has 0 bridgehead atoms. The predicted molar refractivity (Wildman–Crippen MR) is 59.3 cm³/mol. The number of carbonyl (C=O) groups excluding carboxylic acids is 1. The molecule has 2 heterocycles. The Kier molecular flexibility index (Phi) is 3.14. The van der Waals surface area contributed by atoms with E-state index in [4.69, 9.17) is 4.84 Å². The number of pyridine rings is 1. The molecule has 16 heavy (non-hydrogen) atoms. The van der Waals surface area contributed by atoms with Crippen molar-refractivity contribution < 1.29 is 9.63 Å². The van der Waals surface area contributed by atoms with Crippen molar-refractivity contribution in [3.8, 4) is 0 Å². The van der Waals surface area contributed by atoms with Gasteiger partial charge in [-0.15, -0.1) is 0 Å². The molecule has 0 fully saturated rings. The molecule has 1 aliphatic rings. The second kappa shape index (κ2) is 4.74. The quantitative estimate of drug-likeness (QED) is 0.821. The van der Waals surface area contributed by atoms with Crippen LogP contribution in [0.15, 0.2) is 23.5 Å². The number of aryl methyl sites for hydroxylation is 1. The third-order valence-electron chi connectivity index (χ3n) is 2.35. The zero-order valence-electron chi connectivity index (χ0n) is 9.06. The van der Waals surface area contributed by atoms with Crippen molar-refractivity contribution >= 4 is 11.6 Å². The molecule has 0 atom stereocenters. The topological polar surface area (TPSA) is 63.6 Å². The van der Waals surface area contributed by atoms with Crippen LogP contribution in [-0.2, 0) is 4.84 Å². The average molecular weight is 219 g/mol. The molecule has 1 aliphatic heterocycles. The fraction of sp³-hybridized carbons (Fsp3) is 0.364. The molecule has 0 aromatic carbocycles. The average Bonchev–Trinajstić information content (AvgIpc) is 2.79. The van der Waals surface area contributed by atoms with Crippen LogP contribution in [0.3, 0.4) is 0 Å². The first-order valence-corrected chi connectivity index (χ1v) is 5.15. The Labute approximate surface area is 93.5 Å². The van der Waals surface area contributed by atoms with Crippen molar-refractivity contribution in [3.05, 3.63) is 29.6 Å². The van der Waals surface area contributed by atoms with Gasteiger partial charge < -0.3 is 10.2 Å². The zero-order valence-corrected chi connectivity index (χ0v) is 9.06. The third kappa shape index (κ3) is 2.36. The molecule has 2 rings (SSSR count). The first kappa shape index (κ1) is 10.6. The van der Waals surface area contributed by atoms with Crippen LogP contribution in [0, 0.1) is 6.92 Å². The minimum atomic E-state index is -0.173. The van der Waals surface area contributed by atoms with Gasteiger partial charge in [-0.05, 0) is 18.6 Å². The summed E-state index contributed by atoms with van der Waals surface area (Å²) in [7, 11) is 0. The first-order chi connectivity index (χ1) is 7.77. The Morgan fingerprint density at radius 1 is 1.62 bits per heavy atom. The van der Waals surface area contributed by atoms with Crippen LogP contribution < -0.4 is 5.32 Å². The lowest BCUT2D eigenvalue weighted by molar-refractivity contribution is 0.0953. The second-order valence-corrected chi connectivity index (χ2v) is 3.59. The summed E-state index contributed by atoms with van der Waals surface area (Å²) in [6, 6.07) is 3.67. The van der Waals surface area contributed by atoms with Crippen molar-refractivity contribution in [1.82, 2.24) is 10.3 Å². The second-order valence-electron chi connectivity index (χ2n) is 3.59. The summed E-state index contributed by atoms with van der Waals surface area (Å²) >= 11 is 0. The van der Waals surface area contributed by atoms with Gasteiger partial charge in [-0.2, -0.15) is 0 Å². The molecule has 0 unspecified atom stereocenters.